The zero-order valence-corrected chi connectivity index (χ0v) is 17.7. The predicted molar refractivity (Wildman–Crippen MR) is 120 cm³/mol. The summed E-state index contributed by atoms with van der Waals surface area (Å²) in [6.45, 7) is 0.340. The van der Waals surface area contributed by atoms with Gasteiger partial charge in [-0.15, -0.1) is 0 Å². The van der Waals surface area contributed by atoms with E-state index in [0.29, 0.717) is 42.0 Å². The van der Waals surface area contributed by atoms with Gasteiger partial charge >= 0.3 is 0 Å². The van der Waals surface area contributed by atoms with E-state index < -0.39 is 0 Å². The lowest BCUT2D eigenvalue weighted by atomic mass is 9.92. The van der Waals surface area contributed by atoms with Gasteiger partial charge in [0, 0.05) is 30.2 Å². The first-order chi connectivity index (χ1) is 15.2. The summed E-state index contributed by atoms with van der Waals surface area (Å²) in [5.74, 6) is 1.01. The second-order valence-electron chi connectivity index (χ2n) is 8.86. The maximum absolute atomic E-state index is 14.1. The van der Waals surface area contributed by atoms with E-state index in [1.807, 2.05) is 12.4 Å². The second-order valence-corrected chi connectivity index (χ2v) is 8.86. The molecular formula is C23H30FN7. The van der Waals surface area contributed by atoms with Crippen LogP contribution < -0.4 is 16.4 Å². The third kappa shape index (κ3) is 4.35. The Morgan fingerprint density at radius 3 is 2.58 bits per heavy atom. The van der Waals surface area contributed by atoms with Crippen molar-refractivity contribution in [2.45, 2.75) is 76.0 Å². The third-order valence-corrected chi connectivity index (χ3v) is 6.65. The van der Waals surface area contributed by atoms with Crippen LogP contribution in [0.15, 0.2) is 30.6 Å². The standard InChI is InChI=1S/C23H30FN7/c24-19-8-4-1-5-15(19)13-26-21-20-22(31(14-27-20)18-6-2-3-7-18)30-23(29-21)28-17-11-9-16(25)10-12-17/h1,4-5,8,14,16-18H,2-3,6-7,9-13,25H2,(H2,26,28,29,30). The lowest BCUT2D eigenvalue weighted by molar-refractivity contribution is 0.410. The van der Waals surface area contributed by atoms with E-state index in [1.165, 1.54) is 18.9 Å². The maximum atomic E-state index is 14.1. The number of fused-ring (bicyclic) bond motifs is 1. The minimum Gasteiger partial charge on any atom is -0.364 e. The number of nitrogens with zero attached hydrogens (tertiary/aromatic N) is 4. The summed E-state index contributed by atoms with van der Waals surface area (Å²) in [4.78, 5) is 14.2. The molecule has 1 aromatic carbocycles. The summed E-state index contributed by atoms with van der Waals surface area (Å²) >= 11 is 0. The van der Waals surface area contributed by atoms with Crippen LogP contribution in [0, 0.1) is 5.82 Å². The van der Waals surface area contributed by atoms with Gasteiger partial charge in [-0.3, -0.25) is 0 Å². The van der Waals surface area contributed by atoms with Crippen molar-refractivity contribution >= 4 is 22.9 Å². The molecule has 0 unspecified atom stereocenters. The molecule has 0 aliphatic heterocycles. The third-order valence-electron chi connectivity index (χ3n) is 6.65. The second kappa shape index (κ2) is 8.78. The molecule has 2 aromatic heterocycles. The number of hydrogen-bond donors (Lipinski definition) is 3. The Hall–Kier alpha value is -2.74. The zero-order valence-electron chi connectivity index (χ0n) is 17.7. The number of hydrogen-bond acceptors (Lipinski definition) is 6. The molecule has 3 aromatic rings. The van der Waals surface area contributed by atoms with Crippen LogP contribution in [0.5, 0.6) is 0 Å². The van der Waals surface area contributed by atoms with Gasteiger partial charge in [0.15, 0.2) is 17.0 Å². The van der Waals surface area contributed by atoms with Crippen molar-refractivity contribution in [1.29, 1.82) is 0 Å². The number of imidazole rings is 1. The first kappa shape index (κ1) is 20.2. The first-order valence-electron chi connectivity index (χ1n) is 11.4. The number of rotatable bonds is 6. The van der Waals surface area contributed by atoms with Gasteiger partial charge in [0.1, 0.15) is 5.82 Å². The van der Waals surface area contributed by atoms with Gasteiger partial charge in [0.2, 0.25) is 5.95 Å². The smallest absolute Gasteiger partial charge is 0.227 e. The summed E-state index contributed by atoms with van der Waals surface area (Å²) in [7, 11) is 0. The highest BCUT2D eigenvalue weighted by atomic mass is 19.1. The largest absolute Gasteiger partial charge is 0.364 e. The van der Waals surface area contributed by atoms with E-state index in [1.54, 1.807) is 12.1 Å². The molecule has 0 bridgehead atoms. The van der Waals surface area contributed by atoms with Crippen LogP contribution in [-0.4, -0.2) is 31.6 Å². The molecule has 164 valence electrons. The van der Waals surface area contributed by atoms with Crippen LogP contribution in [-0.2, 0) is 6.54 Å². The molecule has 0 saturated heterocycles. The molecular weight excluding hydrogens is 393 g/mol. The molecule has 2 heterocycles. The van der Waals surface area contributed by atoms with E-state index in [0.717, 1.165) is 49.7 Å². The molecule has 2 aliphatic carbocycles. The zero-order chi connectivity index (χ0) is 21.2. The highest BCUT2D eigenvalue weighted by molar-refractivity contribution is 5.84. The average Bonchev–Trinajstić information content (AvgIpc) is 3.44. The SMILES string of the molecule is NC1CCC(Nc2nc(NCc3ccccc3F)c3ncn(C4CCCC4)c3n2)CC1. The van der Waals surface area contributed by atoms with Gasteiger partial charge in [-0.05, 0) is 44.6 Å². The summed E-state index contributed by atoms with van der Waals surface area (Å²) in [6.07, 6.45) is 10.7. The minimum atomic E-state index is -0.228. The van der Waals surface area contributed by atoms with Crippen molar-refractivity contribution < 1.29 is 4.39 Å². The van der Waals surface area contributed by atoms with E-state index in [-0.39, 0.29) is 5.82 Å². The molecule has 0 spiro atoms. The van der Waals surface area contributed by atoms with Crippen LogP contribution >= 0.6 is 0 Å². The van der Waals surface area contributed by atoms with Crippen LogP contribution in [0.25, 0.3) is 11.2 Å². The first-order valence-corrected chi connectivity index (χ1v) is 11.4. The number of aromatic nitrogens is 4. The van der Waals surface area contributed by atoms with Gasteiger partial charge in [-0.2, -0.15) is 9.97 Å². The molecule has 31 heavy (non-hydrogen) atoms. The van der Waals surface area contributed by atoms with Crippen LogP contribution in [0.3, 0.4) is 0 Å². The molecule has 2 fully saturated rings. The number of halogens is 1. The average molecular weight is 424 g/mol. The highest BCUT2D eigenvalue weighted by Crippen LogP contribution is 2.33. The summed E-state index contributed by atoms with van der Waals surface area (Å²) in [5, 5.41) is 6.82. The summed E-state index contributed by atoms with van der Waals surface area (Å²) in [5.41, 5.74) is 8.23. The Morgan fingerprint density at radius 2 is 1.81 bits per heavy atom. The van der Waals surface area contributed by atoms with Gasteiger partial charge in [-0.1, -0.05) is 31.0 Å². The Bertz CT molecular complexity index is 1040. The molecule has 5 rings (SSSR count). The van der Waals surface area contributed by atoms with E-state index in [2.05, 4.69) is 20.2 Å². The van der Waals surface area contributed by atoms with Gasteiger partial charge in [0.05, 0.1) is 6.33 Å². The summed E-state index contributed by atoms with van der Waals surface area (Å²) in [6, 6.07) is 7.83. The Balaban J connectivity index is 1.45. The lowest BCUT2D eigenvalue weighted by Gasteiger charge is -2.27. The number of anilines is 2. The Kier molecular flexibility index (Phi) is 5.72. The lowest BCUT2D eigenvalue weighted by Crippen LogP contribution is -2.33. The number of benzene rings is 1. The van der Waals surface area contributed by atoms with Crippen molar-refractivity contribution in [2.75, 3.05) is 10.6 Å². The van der Waals surface area contributed by atoms with Crippen LogP contribution in [0.4, 0.5) is 16.2 Å². The van der Waals surface area contributed by atoms with E-state index >= 15 is 0 Å². The molecule has 0 atom stereocenters. The van der Waals surface area contributed by atoms with E-state index in [9.17, 15) is 4.39 Å². The Morgan fingerprint density at radius 1 is 1.03 bits per heavy atom. The van der Waals surface area contributed by atoms with Gasteiger partial charge in [-0.25, -0.2) is 9.37 Å². The fraction of sp³-hybridized carbons (Fsp3) is 0.522. The minimum absolute atomic E-state index is 0.228. The number of nitrogens with two attached hydrogens (primary N) is 1. The normalized spacial score (nSPS) is 22.1. The molecule has 2 aliphatic rings. The molecule has 8 heteroatoms. The fourth-order valence-electron chi connectivity index (χ4n) is 4.82. The predicted octanol–water partition coefficient (Wildman–Crippen LogP) is 4.37. The van der Waals surface area contributed by atoms with Gasteiger partial charge in [0.25, 0.3) is 0 Å². The van der Waals surface area contributed by atoms with Crippen LogP contribution in [0.1, 0.15) is 63.0 Å². The number of nitrogens with one attached hydrogen (secondary N) is 2. The van der Waals surface area contributed by atoms with Crippen molar-refractivity contribution in [3.05, 3.63) is 42.0 Å². The molecule has 2 saturated carbocycles. The Labute approximate surface area is 181 Å². The van der Waals surface area contributed by atoms with Crippen molar-refractivity contribution in [3.63, 3.8) is 0 Å². The van der Waals surface area contributed by atoms with E-state index in [4.69, 9.17) is 15.7 Å². The van der Waals surface area contributed by atoms with Crippen molar-refractivity contribution in [3.8, 4) is 0 Å². The topological polar surface area (TPSA) is 93.7 Å². The van der Waals surface area contributed by atoms with Crippen LogP contribution in [0.2, 0.25) is 0 Å². The quantitative estimate of drug-likeness (QED) is 0.545. The van der Waals surface area contributed by atoms with Crippen molar-refractivity contribution in [2.24, 2.45) is 5.73 Å². The highest BCUT2D eigenvalue weighted by Gasteiger charge is 2.24. The molecule has 7 nitrogen and oxygen atoms in total. The monoisotopic (exact) mass is 423 g/mol. The summed E-state index contributed by atoms with van der Waals surface area (Å²) < 4.78 is 16.3. The molecule has 0 amide bonds. The molecule has 4 N–H and O–H groups in total. The van der Waals surface area contributed by atoms with Crippen molar-refractivity contribution in [1.82, 2.24) is 19.5 Å². The van der Waals surface area contributed by atoms with Gasteiger partial charge < -0.3 is 20.9 Å². The molecule has 0 radical (unpaired) electrons. The fourth-order valence-corrected chi connectivity index (χ4v) is 4.82. The maximum Gasteiger partial charge on any atom is 0.227 e.